The second-order valence-corrected chi connectivity index (χ2v) is 5.30. The SMILES string of the molecule is Fc1ccc(-c2cnc3nccc([C@H]4CCCN4)n23)cc1. The van der Waals surface area contributed by atoms with Gasteiger partial charge >= 0.3 is 0 Å². The smallest absolute Gasteiger partial charge is 0.234 e. The molecule has 0 aliphatic carbocycles. The number of hydrogen-bond donors (Lipinski definition) is 1. The number of benzene rings is 1. The Labute approximate surface area is 121 Å². The van der Waals surface area contributed by atoms with Crippen LogP contribution in [0.2, 0.25) is 0 Å². The maximum Gasteiger partial charge on any atom is 0.234 e. The van der Waals surface area contributed by atoms with Crippen molar-refractivity contribution in [2.24, 2.45) is 0 Å². The zero-order chi connectivity index (χ0) is 14.2. The predicted octanol–water partition coefficient (Wildman–Crippen LogP) is 2.96. The highest BCUT2D eigenvalue weighted by atomic mass is 19.1. The van der Waals surface area contributed by atoms with Crippen LogP contribution in [0.4, 0.5) is 4.39 Å². The number of nitrogens with one attached hydrogen (secondary N) is 1. The van der Waals surface area contributed by atoms with Gasteiger partial charge in [-0.25, -0.2) is 14.4 Å². The summed E-state index contributed by atoms with van der Waals surface area (Å²) in [5.74, 6) is 0.448. The molecule has 0 unspecified atom stereocenters. The molecule has 1 atom stereocenters. The summed E-state index contributed by atoms with van der Waals surface area (Å²) in [7, 11) is 0. The summed E-state index contributed by atoms with van der Waals surface area (Å²) < 4.78 is 15.2. The second-order valence-electron chi connectivity index (χ2n) is 5.30. The topological polar surface area (TPSA) is 42.2 Å². The van der Waals surface area contributed by atoms with E-state index >= 15 is 0 Å². The highest BCUT2D eigenvalue weighted by Crippen LogP contribution is 2.28. The summed E-state index contributed by atoms with van der Waals surface area (Å²) in [4.78, 5) is 8.71. The maximum atomic E-state index is 13.1. The van der Waals surface area contributed by atoms with Gasteiger partial charge < -0.3 is 5.32 Å². The van der Waals surface area contributed by atoms with Gasteiger partial charge in [0.2, 0.25) is 5.78 Å². The maximum absolute atomic E-state index is 13.1. The van der Waals surface area contributed by atoms with Crippen molar-refractivity contribution in [2.45, 2.75) is 18.9 Å². The lowest BCUT2D eigenvalue weighted by Gasteiger charge is -2.14. The number of hydrogen-bond acceptors (Lipinski definition) is 3. The van der Waals surface area contributed by atoms with Gasteiger partial charge in [-0.2, -0.15) is 0 Å². The molecule has 1 fully saturated rings. The first kappa shape index (κ1) is 12.5. The molecule has 3 heterocycles. The van der Waals surface area contributed by atoms with Gasteiger partial charge in [0.05, 0.1) is 11.9 Å². The minimum atomic E-state index is -0.233. The van der Waals surface area contributed by atoms with Crippen LogP contribution < -0.4 is 5.32 Å². The summed E-state index contributed by atoms with van der Waals surface area (Å²) in [5, 5.41) is 3.51. The van der Waals surface area contributed by atoms with E-state index in [-0.39, 0.29) is 5.82 Å². The third-order valence-corrected chi connectivity index (χ3v) is 3.99. The van der Waals surface area contributed by atoms with Gasteiger partial charge in [0.25, 0.3) is 0 Å². The van der Waals surface area contributed by atoms with Crippen molar-refractivity contribution in [3.8, 4) is 11.3 Å². The summed E-state index contributed by atoms with van der Waals surface area (Å²) in [6.07, 6.45) is 5.88. The largest absolute Gasteiger partial charge is 0.309 e. The molecule has 2 aromatic heterocycles. The van der Waals surface area contributed by atoms with Crippen LogP contribution in [-0.4, -0.2) is 20.9 Å². The predicted molar refractivity (Wildman–Crippen MR) is 78.4 cm³/mol. The Bertz CT molecular complexity index is 773. The average Bonchev–Trinajstić information content (AvgIpc) is 3.17. The van der Waals surface area contributed by atoms with Crippen LogP contribution in [-0.2, 0) is 0 Å². The quantitative estimate of drug-likeness (QED) is 0.785. The van der Waals surface area contributed by atoms with E-state index in [0.717, 1.165) is 29.9 Å². The van der Waals surface area contributed by atoms with Crippen LogP contribution in [0, 0.1) is 5.82 Å². The highest BCUT2D eigenvalue weighted by molar-refractivity contribution is 5.63. The van der Waals surface area contributed by atoms with Crippen molar-refractivity contribution < 1.29 is 4.39 Å². The molecule has 0 radical (unpaired) electrons. The number of imidazole rings is 1. The van der Waals surface area contributed by atoms with E-state index in [9.17, 15) is 4.39 Å². The van der Waals surface area contributed by atoms with Gasteiger partial charge in [-0.05, 0) is 49.7 Å². The Morgan fingerprint density at radius 1 is 1.14 bits per heavy atom. The first-order chi connectivity index (χ1) is 10.3. The summed E-state index contributed by atoms with van der Waals surface area (Å²) in [6.45, 7) is 1.04. The second kappa shape index (κ2) is 4.93. The molecular weight excluding hydrogens is 267 g/mol. The lowest BCUT2D eigenvalue weighted by atomic mass is 10.1. The molecule has 1 aromatic carbocycles. The minimum Gasteiger partial charge on any atom is -0.309 e. The van der Waals surface area contributed by atoms with E-state index in [1.165, 1.54) is 18.6 Å². The van der Waals surface area contributed by atoms with E-state index < -0.39 is 0 Å². The van der Waals surface area contributed by atoms with Crippen LogP contribution in [0.1, 0.15) is 24.6 Å². The molecule has 5 heteroatoms. The molecule has 0 bridgehead atoms. The molecule has 1 aliphatic rings. The van der Waals surface area contributed by atoms with Crippen LogP contribution in [0.3, 0.4) is 0 Å². The van der Waals surface area contributed by atoms with Crippen molar-refractivity contribution in [3.05, 3.63) is 54.2 Å². The molecule has 1 N–H and O–H groups in total. The van der Waals surface area contributed by atoms with E-state index in [1.54, 1.807) is 24.5 Å². The zero-order valence-corrected chi connectivity index (χ0v) is 11.5. The van der Waals surface area contributed by atoms with Gasteiger partial charge in [-0.15, -0.1) is 0 Å². The lowest BCUT2D eigenvalue weighted by molar-refractivity contribution is 0.618. The van der Waals surface area contributed by atoms with Crippen LogP contribution >= 0.6 is 0 Å². The molecular formula is C16H15FN4. The van der Waals surface area contributed by atoms with E-state index in [4.69, 9.17) is 0 Å². The molecule has 1 saturated heterocycles. The number of rotatable bonds is 2. The molecule has 1 aliphatic heterocycles. The first-order valence-corrected chi connectivity index (χ1v) is 7.14. The van der Waals surface area contributed by atoms with Gasteiger partial charge in [-0.1, -0.05) is 0 Å². The van der Waals surface area contributed by atoms with Gasteiger partial charge in [0.1, 0.15) is 5.82 Å². The summed E-state index contributed by atoms with van der Waals surface area (Å²) in [6, 6.07) is 8.85. The van der Waals surface area contributed by atoms with Crippen molar-refractivity contribution in [1.82, 2.24) is 19.7 Å². The molecule has 0 saturated carbocycles. The van der Waals surface area contributed by atoms with E-state index in [1.807, 2.05) is 6.07 Å². The monoisotopic (exact) mass is 282 g/mol. The zero-order valence-electron chi connectivity index (χ0n) is 11.5. The number of aromatic nitrogens is 3. The molecule has 4 nitrogen and oxygen atoms in total. The Kier molecular flexibility index (Phi) is 2.93. The fourth-order valence-corrected chi connectivity index (χ4v) is 2.98. The molecule has 4 rings (SSSR count). The molecule has 3 aromatic rings. The van der Waals surface area contributed by atoms with Crippen LogP contribution in [0.15, 0.2) is 42.7 Å². The Morgan fingerprint density at radius 2 is 2.00 bits per heavy atom. The molecule has 106 valence electrons. The summed E-state index contributed by atoms with van der Waals surface area (Å²) in [5.41, 5.74) is 3.05. The third-order valence-electron chi connectivity index (χ3n) is 3.99. The van der Waals surface area contributed by atoms with Gasteiger partial charge in [-0.3, -0.25) is 4.40 Å². The Balaban J connectivity index is 1.91. The molecule has 0 amide bonds. The van der Waals surface area contributed by atoms with Gasteiger partial charge in [0, 0.05) is 23.5 Å². The van der Waals surface area contributed by atoms with Crippen LogP contribution in [0.5, 0.6) is 0 Å². The fourth-order valence-electron chi connectivity index (χ4n) is 2.98. The average molecular weight is 282 g/mol. The first-order valence-electron chi connectivity index (χ1n) is 7.14. The van der Waals surface area contributed by atoms with Crippen molar-refractivity contribution in [2.75, 3.05) is 6.54 Å². The Morgan fingerprint density at radius 3 is 2.76 bits per heavy atom. The number of halogens is 1. The van der Waals surface area contributed by atoms with Crippen molar-refractivity contribution in [1.29, 1.82) is 0 Å². The number of nitrogens with zero attached hydrogens (tertiary/aromatic N) is 3. The third kappa shape index (κ3) is 2.10. The highest BCUT2D eigenvalue weighted by Gasteiger charge is 2.21. The van der Waals surface area contributed by atoms with Gasteiger partial charge in [0.15, 0.2) is 0 Å². The Hall–Kier alpha value is -2.27. The number of fused-ring (bicyclic) bond motifs is 1. The molecule has 0 spiro atoms. The molecule has 21 heavy (non-hydrogen) atoms. The standard InChI is InChI=1S/C16H15FN4/c17-12-5-3-11(4-6-12)15-10-20-16-19-9-7-14(21(15)16)13-2-1-8-18-13/h3-7,9-10,13,18H,1-2,8H2/t13-/m1/s1. The van der Waals surface area contributed by atoms with Crippen molar-refractivity contribution in [3.63, 3.8) is 0 Å². The fraction of sp³-hybridized carbons (Fsp3) is 0.250. The van der Waals surface area contributed by atoms with Crippen LogP contribution in [0.25, 0.3) is 17.0 Å². The van der Waals surface area contributed by atoms with E-state index in [2.05, 4.69) is 19.7 Å². The normalized spacial score (nSPS) is 18.4. The minimum absolute atomic E-state index is 0.233. The van der Waals surface area contributed by atoms with Crippen molar-refractivity contribution >= 4 is 5.78 Å². The van der Waals surface area contributed by atoms with E-state index in [0.29, 0.717) is 11.8 Å². The summed E-state index contributed by atoms with van der Waals surface area (Å²) >= 11 is 0. The lowest BCUT2D eigenvalue weighted by Crippen LogP contribution is -2.16.